The molecule has 2 amide bonds. The van der Waals surface area contributed by atoms with Crippen molar-refractivity contribution in [1.82, 2.24) is 14.9 Å². The first-order chi connectivity index (χ1) is 15.0. The number of nitrogens with zero attached hydrogens (tertiary/aromatic N) is 2. The van der Waals surface area contributed by atoms with Crippen molar-refractivity contribution in [1.29, 1.82) is 0 Å². The van der Waals surface area contributed by atoms with Crippen molar-refractivity contribution in [3.05, 3.63) is 70.8 Å². The van der Waals surface area contributed by atoms with Gasteiger partial charge in [-0.25, -0.2) is 4.98 Å². The molecule has 2 aromatic heterocycles. The van der Waals surface area contributed by atoms with Gasteiger partial charge in [-0.05, 0) is 36.8 Å². The summed E-state index contributed by atoms with van der Waals surface area (Å²) in [4.78, 5) is 41.1. The molecular weight excluding hydrogens is 396 g/mol. The lowest BCUT2D eigenvalue weighted by Gasteiger charge is -2.15. The van der Waals surface area contributed by atoms with E-state index in [0.29, 0.717) is 23.2 Å². The van der Waals surface area contributed by atoms with Crippen LogP contribution in [0.4, 0.5) is 5.69 Å². The van der Waals surface area contributed by atoms with Crippen LogP contribution in [0.1, 0.15) is 31.9 Å². The standard InChI is InChI=1S/C23H22N4O4/c1-3-19(28)26-16-10-8-15(9-11-16)14(2)25-20(29)12-27-13-24-21-17-6-4-5-7-18(17)31-22(21)23(27)30/h4-11,13-14H,3,12H2,1-2H3,(H,25,29)(H,26,28). The molecule has 8 heteroatoms. The summed E-state index contributed by atoms with van der Waals surface area (Å²) in [6.45, 7) is 3.46. The minimum Gasteiger partial charge on any atom is -0.448 e. The molecule has 0 fully saturated rings. The fraction of sp³-hybridized carbons (Fsp3) is 0.217. The summed E-state index contributed by atoms with van der Waals surface area (Å²) in [5.74, 6) is -0.384. The largest absolute Gasteiger partial charge is 0.448 e. The molecule has 4 aromatic rings. The minimum atomic E-state index is -0.403. The van der Waals surface area contributed by atoms with E-state index in [9.17, 15) is 14.4 Å². The maximum atomic E-state index is 12.8. The predicted octanol–water partition coefficient (Wildman–Crippen LogP) is 3.37. The van der Waals surface area contributed by atoms with E-state index < -0.39 is 5.56 Å². The van der Waals surface area contributed by atoms with Crippen LogP contribution in [0.3, 0.4) is 0 Å². The fourth-order valence-electron chi connectivity index (χ4n) is 3.36. The molecule has 4 rings (SSSR count). The van der Waals surface area contributed by atoms with Gasteiger partial charge in [0.2, 0.25) is 17.4 Å². The van der Waals surface area contributed by atoms with E-state index in [1.807, 2.05) is 37.3 Å². The number of furan rings is 1. The second kappa shape index (κ2) is 8.43. The van der Waals surface area contributed by atoms with Crippen LogP contribution in [-0.4, -0.2) is 21.4 Å². The van der Waals surface area contributed by atoms with Gasteiger partial charge in [-0.1, -0.05) is 31.2 Å². The van der Waals surface area contributed by atoms with Crippen LogP contribution in [0.5, 0.6) is 0 Å². The molecule has 8 nitrogen and oxygen atoms in total. The van der Waals surface area contributed by atoms with Crippen molar-refractivity contribution in [2.75, 3.05) is 5.32 Å². The van der Waals surface area contributed by atoms with Gasteiger partial charge in [0, 0.05) is 17.5 Å². The number of nitrogens with one attached hydrogen (secondary N) is 2. The number of hydrogen-bond acceptors (Lipinski definition) is 5. The summed E-state index contributed by atoms with van der Waals surface area (Å²) in [6.07, 6.45) is 1.77. The van der Waals surface area contributed by atoms with E-state index in [2.05, 4.69) is 15.6 Å². The van der Waals surface area contributed by atoms with Crippen molar-refractivity contribution in [3.63, 3.8) is 0 Å². The smallest absolute Gasteiger partial charge is 0.297 e. The Labute approximate surface area is 177 Å². The summed E-state index contributed by atoms with van der Waals surface area (Å²) in [5, 5.41) is 6.42. The van der Waals surface area contributed by atoms with E-state index in [4.69, 9.17) is 4.42 Å². The van der Waals surface area contributed by atoms with Gasteiger partial charge < -0.3 is 15.1 Å². The summed E-state index contributed by atoms with van der Waals surface area (Å²) >= 11 is 0. The Hall–Kier alpha value is -3.94. The zero-order valence-corrected chi connectivity index (χ0v) is 17.2. The SMILES string of the molecule is CCC(=O)Nc1ccc(C(C)NC(=O)Cn2cnc3c(oc4ccccc43)c2=O)cc1. The average molecular weight is 418 g/mol. The summed E-state index contributed by atoms with van der Waals surface area (Å²) in [7, 11) is 0. The molecule has 0 aliphatic rings. The van der Waals surface area contributed by atoms with Gasteiger partial charge in [0.05, 0.1) is 12.4 Å². The Morgan fingerprint density at radius 1 is 1.10 bits per heavy atom. The third-order valence-electron chi connectivity index (χ3n) is 5.06. The predicted molar refractivity (Wildman–Crippen MR) is 118 cm³/mol. The van der Waals surface area contributed by atoms with Crippen molar-refractivity contribution in [2.24, 2.45) is 0 Å². The molecule has 0 radical (unpaired) electrons. The number of amides is 2. The Morgan fingerprint density at radius 3 is 2.58 bits per heavy atom. The first-order valence-electron chi connectivity index (χ1n) is 10.0. The molecule has 1 atom stereocenters. The number of carbonyl (C=O) groups excluding carboxylic acids is 2. The number of aromatic nitrogens is 2. The van der Waals surface area contributed by atoms with Crippen LogP contribution >= 0.6 is 0 Å². The maximum Gasteiger partial charge on any atom is 0.297 e. The molecule has 0 aliphatic heterocycles. The normalized spacial score (nSPS) is 12.1. The van der Waals surface area contributed by atoms with E-state index >= 15 is 0 Å². The highest BCUT2D eigenvalue weighted by molar-refractivity contribution is 6.01. The first kappa shape index (κ1) is 20.3. The molecule has 2 heterocycles. The molecule has 0 aliphatic carbocycles. The number of rotatable bonds is 6. The van der Waals surface area contributed by atoms with Gasteiger partial charge in [-0.3, -0.25) is 19.0 Å². The van der Waals surface area contributed by atoms with Gasteiger partial charge >= 0.3 is 0 Å². The fourth-order valence-corrected chi connectivity index (χ4v) is 3.36. The quantitative estimate of drug-likeness (QED) is 0.499. The van der Waals surface area contributed by atoms with Gasteiger partial charge in [0.25, 0.3) is 5.56 Å². The van der Waals surface area contributed by atoms with Crippen molar-refractivity contribution in [3.8, 4) is 0 Å². The highest BCUT2D eigenvalue weighted by Gasteiger charge is 2.16. The van der Waals surface area contributed by atoms with E-state index in [0.717, 1.165) is 10.9 Å². The zero-order valence-electron chi connectivity index (χ0n) is 17.2. The third-order valence-corrected chi connectivity index (χ3v) is 5.06. The Morgan fingerprint density at radius 2 is 1.84 bits per heavy atom. The first-order valence-corrected chi connectivity index (χ1v) is 10.0. The number of anilines is 1. The third kappa shape index (κ3) is 4.18. The zero-order chi connectivity index (χ0) is 22.0. The molecule has 2 N–H and O–H groups in total. The van der Waals surface area contributed by atoms with Gasteiger partial charge in [-0.2, -0.15) is 0 Å². The molecule has 0 saturated heterocycles. The van der Waals surface area contributed by atoms with E-state index in [1.165, 1.54) is 10.9 Å². The van der Waals surface area contributed by atoms with Crippen LogP contribution in [0.15, 0.2) is 64.1 Å². The highest BCUT2D eigenvalue weighted by Crippen LogP contribution is 2.24. The maximum absolute atomic E-state index is 12.8. The Kier molecular flexibility index (Phi) is 5.53. The molecule has 0 saturated carbocycles. The molecule has 31 heavy (non-hydrogen) atoms. The van der Waals surface area contributed by atoms with Crippen molar-refractivity contribution >= 4 is 39.6 Å². The van der Waals surface area contributed by atoms with Crippen molar-refractivity contribution in [2.45, 2.75) is 32.9 Å². The monoisotopic (exact) mass is 418 g/mol. The lowest BCUT2D eigenvalue weighted by Crippen LogP contribution is -2.33. The minimum absolute atomic E-state index is 0.0606. The van der Waals surface area contributed by atoms with Crippen LogP contribution in [0, 0.1) is 0 Å². The number of para-hydroxylation sites is 1. The number of benzene rings is 2. The second-order valence-corrected chi connectivity index (χ2v) is 7.27. The Bertz CT molecular complexity index is 1320. The summed E-state index contributed by atoms with van der Waals surface area (Å²) in [6, 6.07) is 14.3. The van der Waals surface area contributed by atoms with Crippen LogP contribution in [0.2, 0.25) is 0 Å². The molecule has 0 bridgehead atoms. The van der Waals surface area contributed by atoms with Gasteiger partial charge in [0.1, 0.15) is 17.6 Å². The van der Waals surface area contributed by atoms with Crippen LogP contribution in [0.25, 0.3) is 22.1 Å². The van der Waals surface area contributed by atoms with Crippen molar-refractivity contribution < 1.29 is 14.0 Å². The topological polar surface area (TPSA) is 106 Å². The van der Waals surface area contributed by atoms with Crippen LogP contribution in [-0.2, 0) is 16.1 Å². The number of carbonyl (C=O) groups is 2. The number of fused-ring (bicyclic) bond motifs is 3. The summed E-state index contributed by atoms with van der Waals surface area (Å²) in [5.41, 5.74) is 2.37. The molecule has 158 valence electrons. The number of hydrogen-bond donors (Lipinski definition) is 2. The highest BCUT2D eigenvalue weighted by atomic mass is 16.3. The van der Waals surface area contributed by atoms with E-state index in [-0.39, 0.29) is 30.0 Å². The van der Waals surface area contributed by atoms with E-state index in [1.54, 1.807) is 25.1 Å². The lowest BCUT2D eigenvalue weighted by molar-refractivity contribution is -0.122. The molecule has 0 spiro atoms. The van der Waals surface area contributed by atoms with Gasteiger partial charge in [0.15, 0.2) is 0 Å². The molecule has 2 aromatic carbocycles. The summed E-state index contributed by atoms with van der Waals surface area (Å²) < 4.78 is 6.88. The Balaban J connectivity index is 1.46. The average Bonchev–Trinajstić information content (AvgIpc) is 3.15. The second-order valence-electron chi connectivity index (χ2n) is 7.27. The molecule has 1 unspecified atom stereocenters. The lowest BCUT2D eigenvalue weighted by atomic mass is 10.1. The van der Waals surface area contributed by atoms with Crippen LogP contribution < -0.4 is 16.2 Å². The molecular formula is C23H22N4O4. The van der Waals surface area contributed by atoms with Gasteiger partial charge in [-0.15, -0.1) is 0 Å².